The molecule has 0 aromatic heterocycles. The van der Waals surface area contributed by atoms with Crippen molar-refractivity contribution in [1.29, 1.82) is 0 Å². The molecule has 2 saturated heterocycles. The molecule has 2 aliphatic heterocycles. The van der Waals surface area contributed by atoms with Crippen molar-refractivity contribution in [1.82, 2.24) is 9.80 Å². The molecule has 1 amide bonds. The fourth-order valence-electron chi connectivity index (χ4n) is 5.03. The minimum Gasteiger partial charge on any atom is -0.506 e. The van der Waals surface area contributed by atoms with Gasteiger partial charge in [0.25, 0.3) is 0 Å². The molecule has 3 aliphatic rings. The molecule has 1 aliphatic carbocycles. The predicted octanol–water partition coefficient (Wildman–Crippen LogP) is 1.47. The van der Waals surface area contributed by atoms with Crippen molar-refractivity contribution in [2.75, 3.05) is 49.1 Å². The Hall–Kier alpha value is -1.80. The van der Waals surface area contributed by atoms with Crippen LogP contribution in [0.3, 0.4) is 0 Å². The van der Waals surface area contributed by atoms with Crippen LogP contribution < -0.4 is 4.90 Å². The van der Waals surface area contributed by atoms with Crippen molar-refractivity contribution in [3.8, 4) is 5.75 Å². The van der Waals surface area contributed by atoms with E-state index in [1.165, 1.54) is 0 Å². The van der Waals surface area contributed by atoms with E-state index in [-0.39, 0.29) is 35.2 Å². The maximum Gasteiger partial charge on any atom is 0.237 e. The van der Waals surface area contributed by atoms with E-state index in [0.717, 1.165) is 57.5 Å². The summed E-state index contributed by atoms with van der Waals surface area (Å²) in [6.07, 6.45) is 4.79. The van der Waals surface area contributed by atoms with Gasteiger partial charge < -0.3 is 14.9 Å². The number of phenolic OH excluding ortho intramolecular Hbond substituents is 1. The van der Waals surface area contributed by atoms with Gasteiger partial charge in [-0.15, -0.1) is 0 Å². The number of hydrogen-bond donors (Lipinski definition) is 1. The van der Waals surface area contributed by atoms with Gasteiger partial charge in [-0.1, -0.05) is 25.0 Å². The molecule has 7 nitrogen and oxygen atoms in total. The van der Waals surface area contributed by atoms with Crippen molar-refractivity contribution in [2.45, 2.75) is 44.2 Å². The van der Waals surface area contributed by atoms with Crippen LogP contribution in [0, 0.1) is 0 Å². The highest BCUT2D eigenvalue weighted by atomic mass is 32.2. The summed E-state index contributed by atoms with van der Waals surface area (Å²) in [6.45, 7) is 3.36. The van der Waals surface area contributed by atoms with Crippen LogP contribution in [0.2, 0.25) is 0 Å². The maximum absolute atomic E-state index is 13.2. The molecule has 2 heterocycles. The number of aromatic hydroxyl groups is 1. The van der Waals surface area contributed by atoms with Gasteiger partial charge in [-0.3, -0.25) is 9.69 Å². The number of anilines is 1. The van der Waals surface area contributed by atoms with Crippen LogP contribution >= 0.6 is 0 Å². The van der Waals surface area contributed by atoms with E-state index in [1.807, 2.05) is 23.1 Å². The molecule has 3 fully saturated rings. The summed E-state index contributed by atoms with van der Waals surface area (Å²) in [6, 6.07) is 7.38. The quantitative estimate of drug-likeness (QED) is 0.776. The Morgan fingerprint density at radius 1 is 1.03 bits per heavy atom. The molecule has 1 aromatic carbocycles. The topological polar surface area (TPSA) is 81.2 Å². The zero-order chi connectivity index (χ0) is 20.4. The third-order valence-corrected chi connectivity index (χ3v) is 8.31. The molecule has 160 valence electrons. The summed E-state index contributed by atoms with van der Waals surface area (Å²) in [4.78, 5) is 19.5. The number of hydrogen-bond acceptors (Lipinski definition) is 6. The number of carbonyl (C=O) groups is 1. The molecule has 8 heteroatoms. The van der Waals surface area contributed by atoms with E-state index in [4.69, 9.17) is 0 Å². The summed E-state index contributed by atoms with van der Waals surface area (Å²) in [5, 5.41) is 10.1. The third-order valence-electron chi connectivity index (χ3n) is 6.56. The highest BCUT2D eigenvalue weighted by molar-refractivity contribution is 7.91. The van der Waals surface area contributed by atoms with E-state index in [2.05, 4.69) is 9.80 Å². The van der Waals surface area contributed by atoms with Crippen molar-refractivity contribution in [3.63, 3.8) is 0 Å². The van der Waals surface area contributed by atoms with Gasteiger partial charge in [0.15, 0.2) is 9.84 Å². The van der Waals surface area contributed by atoms with Crippen LogP contribution in [0.1, 0.15) is 32.1 Å². The molecule has 1 N–H and O–H groups in total. The van der Waals surface area contributed by atoms with E-state index >= 15 is 0 Å². The SMILES string of the molecule is O=C(CN1CCN(c2ccccc2O)CC1)N(C1CCCC1)[C@@H]1CCS(=O)(=O)C1. The van der Waals surface area contributed by atoms with Gasteiger partial charge in [0, 0.05) is 38.3 Å². The van der Waals surface area contributed by atoms with Gasteiger partial charge in [0.05, 0.1) is 23.7 Å². The Balaban J connectivity index is 1.37. The molecule has 0 spiro atoms. The Morgan fingerprint density at radius 3 is 2.34 bits per heavy atom. The fourth-order valence-corrected chi connectivity index (χ4v) is 6.75. The standard InChI is InChI=1S/C21H31N3O4S/c25-20-8-4-3-7-19(20)23-12-10-22(11-13-23)15-21(26)24(17-5-1-2-6-17)18-9-14-29(27,28)16-18/h3-4,7-8,17-18,25H,1-2,5-6,9-16H2/t18-/m1/s1. The minimum atomic E-state index is -3.02. The number of nitrogens with zero attached hydrogens (tertiary/aromatic N) is 3. The molecular weight excluding hydrogens is 390 g/mol. The molecular formula is C21H31N3O4S. The van der Waals surface area contributed by atoms with Gasteiger partial charge in [-0.05, 0) is 31.4 Å². The first kappa shape index (κ1) is 20.5. The van der Waals surface area contributed by atoms with Crippen LogP contribution in [0.25, 0.3) is 0 Å². The monoisotopic (exact) mass is 421 g/mol. The second-order valence-corrected chi connectivity index (χ2v) is 10.8. The summed E-state index contributed by atoms with van der Waals surface area (Å²) < 4.78 is 24.0. The van der Waals surface area contributed by atoms with E-state index < -0.39 is 9.84 Å². The fraction of sp³-hybridized carbons (Fsp3) is 0.667. The Kier molecular flexibility index (Phi) is 6.01. The lowest BCUT2D eigenvalue weighted by Gasteiger charge is -2.39. The van der Waals surface area contributed by atoms with Crippen LogP contribution in [-0.2, 0) is 14.6 Å². The second-order valence-electron chi connectivity index (χ2n) is 8.55. The number of rotatable bonds is 5. The normalized spacial score (nSPS) is 25.4. The zero-order valence-corrected chi connectivity index (χ0v) is 17.7. The smallest absolute Gasteiger partial charge is 0.237 e. The average molecular weight is 422 g/mol. The number of benzene rings is 1. The van der Waals surface area contributed by atoms with Gasteiger partial charge in [0.1, 0.15) is 5.75 Å². The molecule has 1 atom stereocenters. The van der Waals surface area contributed by atoms with Crippen LogP contribution in [0.15, 0.2) is 24.3 Å². The highest BCUT2D eigenvalue weighted by Crippen LogP contribution is 2.30. The van der Waals surface area contributed by atoms with Crippen LogP contribution in [0.4, 0.5) is 5.69 Å². The number of sulfone groups is 1. The van der Waals surface area contributed by atoms with E-state index in [0.29, 0.717) is 13.0 Å². The first-order valence-corrected chi connectivity index (χ1v) is 12.5. The van der Waals surface area contributed by atoms with E-state index in [9.17, 15) is 18.3 Å². The van der Waals surface area contributed by atoms with Crippen molar-refractivity contribution in [3.05, 3.63) is 24.3 Å². The molecule has 0 bridgehead atoms. The van der Waals surface area contributed by atoms with Crippen molar-refractivity contribution >= 4 is 21.4 Å². The number of piperazine rings is 1. The van der Waals surface area contributed by atoms with E-state index in [1.54, 1.807) is 6.07 Å². The third kappa shape index (κ3) is 4.69. The van der Waals surface area contributed by atoms with Crippen LogP contribution in [0.5, 0.6) is 5.75 Å². The molecule has 29 heavy (non-hydrogen) atoms. The zero-order valence-electron chi connectivity index (χ0n) is 16.9. The molecule has 1 saturated carbocycles. The summed E-state index contributed by atoms with van der Waals surface area (Å²) in [7, 11) is -3.02. The molecule has 4 rings (SSSR count). The maximum atomic E-state index is 13.2. The van der Waals surface area contributed by atoms with Gasteiger partial charge >= 0.3 is 0 Å². The lowest BCUT2D eigenvalue weighted by Crippen LogP contribution is -2.54. The van der Waals surface area contributed by atoms with Gasteiger partial charge in [-0.25, -0.2) is 8.42 Å². The average Bonchev–Trinajstić information content (AvgIpc) is 3.33. The summed E-state index contributed by atoms with van der Waals surface area (Å²) in [5.74, 6) is 0.686. The van der Waals surface area contributed by atoms with Crippen molar-refractivity contribution < 1.29 is 18.3 Å². The largest absolute Gasteiger partial charge is 0.506 e. The Labute approximate surface area is 173 Å². The number of phenols is 1. The first-order chi connectivity index (χ1) is 13.9. The lowest BCUT2D eigenvalue weighted by atomic mass is 10.1. The Morgan fingerprint density at radius 2 is 1.72 bits per heavy atom. The summed E-state index contributed by atoms with van der Waals surface area (Å²) in [5.41, 5.74) is 0.835. The molecule has 0 radical (unpaired) electrons. The first-order valence-electron chi connectivity index (χ1n) is 10.7. The number of para-hydroxylation sites is 2. The number of amides is 1. The Bertz CT molecular complexity index is 830. The lowest BCUT2D eigenvalue weighted by molar-refractivity contribution is -0.137. The highest BCUT2D eigenvalue weighted by Gasteiger charge is 2.39. The van der Waals surface area contributed by atoms with Crippen LogP contribution in [-0.4, -0.2) is 85.5 Å². The van der Waals surface area contributed by atoms with Gasteiger partial charge in [-0.2, -0.15) is 0 Å². The van der Waals surface area contributed by atoms with Gasteiger partial charge in [0.2, 0.25) is 5.91 Å². The summed E-state index contributed by atoms with van der Waals surface area (Å²) >= 11 is 0. The predicted molar refractivity (Wildman–Crippen MR) is 113 cm³/mol. The second kappa shape index (κ2) is 8.52. The van der Waals surface area contributed by atoms with Crippen molar-refractivity contribution in [2.24, 2.45) is 0 Å². The number of carbonyl (C=O) groups excluding carboxylic acids is 1. The molecule has 1 aromatic rings. The minimum absolute atomic E-state index is 0.0787. The molecule has 0 unspecified atom stereocenters.